The average molecular weight is 284 g/mol. The molecule has 102 valence electrons. The molecule has 0 atom stereocenters. The minimum atomic E-state index is 0.653. The summed E-state index contributed by atoms with van der Waals surface area (Å²) in [5.74, 6) is 2.20. The van der Waals surface area contributed by atoms with Crippen LogP contribution < -0.4 is 4.74 Å². The molecule has 0 unspecified atom stereocenters. The third-order valence-electron chi connectivity index (χ3n) is 3.31. The molecule has 0 radical (unpaired) electrons. The zero-order valence-corrected chi connectivity index (χ0v) is 12.8. The van der Waals surface area contributed by atoms with Crippen LogP contribution in [-0.4, -0.2) is 9.97 Å². The molecule has 0 spiro atoms. The Labute approximate surface area is 122 Å². The summed E-state index contributed by atoms with van der Waals surface area (Å²) in [4.78, 5) is 11.2. The summed E-state index contributed by atoms with van der Waals surface area (Å²) in [6, 6.07) is 8.00. The van der Waals surface area contributed by atoms with E-state index in [1.807, 2.05) is 38.1 Å². The lowest BCUT2D eigenvalue weighted by Crippen LogP contribution is -1.94. The molecule has 3 aromatic rings. The summed E-state index contributed by atoms with van der Waals surface area (Å²) in [5.41, 5.74) is 2.37. The number of aryl methyl sites for hydroxylation is 4. The minimum absolute atomic E-state index is 0.653. The fraction of sp³-hybridized carbons (Fsp3) is 0.250. The second kappa shape index (κ2) is 4.87. The third kappa shape index (κ3) is 2.27. The van der Waals surface area contributed by atoms with Gasteiger partial charge >= 0.3 is 0 Å². The van der Waals surface area contributed by atoms with Crippen LogP contribution in [0.25, 0.3) is 10.2 Å². The average Bonchev–Trinajstić information content (AvgIpc) is 2.64. The molecule has 0 aliphatic carbocycles. The number of benzene rings is 1. The zero-order chi connectivity index (χ0) is 14.3. The van der Waals surface area contributed by atoms with Crippen LogP contribution in [0.3, 0.4) is 0 Å². The van der Waals surface area contributed by atoms with Crippen LogP contribution in [0.2, 0.25) is 0 Å². The van der Waals surface area contributed by atoms with E-state index in [1.165, 1.54) is 16.0 Å². The number of ether oxygens (including phenoxy) is 1. The van der Waals surface area contributed by atoms with Gasteiger partial charge in [0.1, 0.15) is 16.4 Å². The molecule has 0 aliphatic heterocycles. The highest BCUT2D eigenvalue weighted by Gasteiger charge is 2.15. The van der Waals surface area contributed by atoms with Gasteiger partial charge in [0, 0.05) is 4.88 Å². The highest BCUT2D eigenvalue weighted by atomic mass is 32.1. The Kier molecular flexibility index (Phi) is 3.18. The molecule has 0 saturated carbocycles. The van der Waals surface area contributed by atoms with Crippen molar-refractivity contribution in [3.63, 3.8) is 0 Å². The summed E-state index contributed by atoms with van der Waals surface area (Å²) >= 11 is 1.69. The predicted octanol–water partition coefficient (Wildman–Crippen LogP) is 4.72. The van der Waals surface area contributed by atoms with Gasteiger partial charge in [0.2, 0.25) is 5.88 Å². The van der Waals surface area contributed by atoms with E-state index in [2.05, 4.69) is 23.8 Å². The second-order valence-electron chi connectivity index (χ2n) is 4.96. The van der Waals surface area contributed by atoms with Crippen LogP contribution in [0.4, 0.5) is 0 Å². The van der Waals surface area contributed by atoms with E-state index < -0.39 is 0 Å². The van der Waals surface area contributed by atoms with Gasteiger partial charge in [0.15, 0.2) is 0 Å². The first-order valence-electron chi connectivity index (χ1n) is 6.53. The number of hydrogen-bond donors (Lipinski definition) is 0. The molecule has 0 N–H and O–H groups in total. The zero-order valence-electron chi connectivity index (χ0n) is 12.0. The van der Waals surface area contributed by atoms with Gasteiger partial charge in [0.25, 0.3) is 0 Å². The minimum Gasteiger partial charge on any atom is -0.438 e. The fourth-order valence-corrected chi connectivity index (χ4v) is 3.24. The number of rotatable bonds is 2. The highest BCUT2D eigenvalue weighted by Crippen LogP contribution is 2.36. The van der Waals surface area contributed by atoms with Gasteiger partial charge in [-0.15, -0.1) is 11.3 Å². The summed E-state index contributed by atoms with van der Waals surface area (Å²) < 4.78 is 6.00. The second-order valence-corrected chi connectivity index (χ2v) is 6.16. The van der Waals surface area contributed by atoms with E-state index >= 15 is 0 Å². The molecule has 2 aromatic heterocycles. The Bertz CT molecular complexity index is 793. The summed E-state index contributed by atoms with van der Waals surface area (Å²) in [5, 5.41) is 1.03. The van der Waals surface area contributed by atoms with Crippen LogP contribution in [0.5, 0.6) is 11.6 Å². The van der Waals surface area contributed by atoms with E-state index in [0.29, 0.717) is 5.88 Å². The van der Waals surface area contributed by atoms with Crippen molar-refractivity contribution in [2.24, 2.45) is 0 Å². The maximum atomic E-state index is 6.00. The number of nitrogens with zero attached hydrogens (tertiary/aromatic N) is 2. The largest absolute Gasteiger partial charge is 0.438 e. The Morgan fingerprint density at radius 3 is 2.60 bits per heavy atom. The maximum Gasteiger partial charge on any atom is 0.231 e. The van der Waals surface area contributed by atoms with Crippen molar-refractivity contribution in [3.05, 3.63) is 46.1 Å². The topological polar surface area (TPSA) is 35.0 Å². The van der Waals surface area contributed by atoms with Crippen LogP contribution >= 0.6 is 11.3 Å². The first-order chi connectivity index (χ1) is 9.54. The van der Waals surface area contributed by atoms with Gasteiger partial charge in [-0.25, -0.2) is 4.98 Å². The first-order valence-corrected chi connectivity index (χ1v) is 7.35. The SMILES string of the molecule is Cc1cccc(Oc2nc(C)nc3sc(C)c(C)c23)c1. The van der Waals surface area contributed by atoms with E-state index in [1.54, 1.807) is 11.3 Å². The molecule has 3 rings (SSSR count). The van der Waals surface area contributed by atoms with Crippen LogP contribution in [0.15, 0.2) is 24.3 Å². The summed E-state index contributed by atoms with van der Waals surface area (Å²) in [6.45, 7) is 8.14. The van der Waals surface area contributed by atoms with Crippen molar-refractivity contribution in [2.75, 3.05) is 0 Å². The van der Waals surface area contributed by atoms with Crippen molar-refractivity contribution < 1.29 is 4.74 Å². The molecule has 3 nitrogen and oxygen atoms in total. The Hall–Kier alpha value is -1.94. The van der Waals surface area contributed by atoms with Crippen LogP contribution in [-0.2, 0) is 0 Å². The van der Waals surface area contributed by atoms with E-state index in [9.17, 15) is 0 Å². The number of thiophene rings is 1. The van der Waals surface area contributed by atoms with Crippen molar-refractivity contribution >= 4 is 21.6 Å². The molecule has 0 fully saturated rings. The lowest BCUT2D eigenvalue weighted by Gasteiger charge is -2.08. The summed E-state index contributed by atoms with van der Waals surface area (Å²) in [6.07, 6.45) is 0. The van der Waals surface area contributed by atoms with Gasteiger partial charge in [-0.2, -0.15) is 4.98 Å². The molecule has 1 aromatic carbocycles. The van der Waals surface area contributed by atoms with Gasteiger partial charge in [-0.1, -0.05) is 12.1 Å². The normalized spacial score (nSPS) is 11.0. The van der Waals surface area contributed by atoms with Crippen molar-refractivity contribution in [2.45, 2.75) is 27.7 Å². The predicted molar refractivity (Wildman–Crippen MR) is 82.9 cm³/mol. The number of fused-ring (bicyclic) bond motifs is 1. The lowest BCUT2D eigenvalue weighted by molar-refractivity contribution is 0.466. The Morgan fingerprint density at radius 2 is 1.85 bits per heavy atom. The van der Waals surface area contributed by atoms with Gasteiger partial charge in [-0.3, -0.25) is 0 Å². The van der Waals surface area contributed by atoms with E-state index in [4.69, 9.17) is 4.74 Å². The quantitative estimate of drug-likeness (QED) is 0.683. The molecular weight excluding hydrogens is 268 g/mol. The van der Waals surface area contributed by atoms with Crippen molar-refractivity contribution in [3.8, 4) is 11.6 Å². The summed E-state index contributed by atoms with van der Waals surface area (Å²) in [7, 11) is 0. The lowest BCUT2D eigenvalue weighted by atomic mass is 10.2. The van der Waals surface area contributed by atoms with E-state index in [0.717, 1.165) is 21.8 Å². The molecule has 0 amide bonds. The maximum absolute atomic E-state index is 6.00. The van der Waals surface area contributed by atoms with E-state index in [-0.39, 0.29) is 0 Å². The van der Waals surface area contributed by atoms with Gasteiger partial charge in [0.05, 0.1) is 5.39 Å². The smallest absolute Gasteiger partial charge is 0.231 e. The Balaban J connectivity index is 2.15. The van der Waals surface area contributed by atoms with Crippen LogP contribution in [0, 0.1) is 27.7 Å². The molecule has 0 bridgehead atoms. The molecule has 2 heterocycles. The monoisotopic (exact) mass is 284 g/mol. The molecular formula is C16H16N2OS. The fourth-order valence-electron chi connectivity index (χ4n) is 2.18. The van der Waals surface area contributed by atoms with Crippen LogP contribution in [0.1, 0.15) is 21.8 Å². The molecule has 20 heavy (non-hydrogen) atoms. The first kappa shape index (κ1) is 13.1. The Morgan fingerprint density at radius 1 is 1.05 bits per heavy atom. The number of aromatic nitrogens is 2. The third-order valence-corrected chi connectivity index (χ3v) is 4.41. The standard InChI is InChI=1S/C16H16N2OS/c1-9-6-5-7-13(8-9)19-15-14-10(2)11(3)20-16(14)18-12(4)17-15/h5-8H,1-4H3. The molecule has 0 aliphatic rings. The molecule has 4 heteroatoms. The molecule has 0 saturated heterocycles. The van der Waals surface area contributed by atoms with Gasteiger partial charge < -0.3 is 4.74 Å². The van der Waals surface area contributed by atoms with Crippen molar-refractivity contribution in [1.82, 2.24) is 9.97 Å². The van der Waals surface area contributed by atoms with Crippen molar-refractivity contribution in [1.29, 1.82) is 0 Å². The number of hydrogen-bond acceptors (Lipinski definition) is 4. The highest BCUT2D eigenvalue weighted by molar-refractivity contribution is 7.18. The van der Waals surface area contributed by atoms with Gasteiger partial charge in [-0.05, 0) is 51.0 Å².